The van der Waals surface area contributed by atoms with Gasteiger partial charge in [-0.3, -0.25) is 0 Å². The summed E-state index contributed by atoms with van der Waals surface area (Å²) >= 11 is 0. The Morgan fingerprint density at radius 3 is 1.39 bits per heavy atom. The summed E-state index contributed by atoms with van der Waals surface area (Å²) in [4.78, 5) is 0. The fraction of sp³-hybridized carbons (Fsp3) is 0.786. The fourth-order valence-electron chi connectivity index (χ4n) is 4.38. The molecule has 0 saturated carbocycles. The molecule has 0 heterocycles. The van der Waals surface area contributed by atoms with Crippen LogP contribution in [-0.2, 0) is 6.42 Å². The summed E-state index contributed by atoms with van der Waals surface area (Å²) in [5, 5.41) is 0. The van der Waals surface area contributed by atoms with Crippen molar-refractivity contribution in [2.24, 2.45) is 5.92 Å². The van der Waals surface area contributed by atoms with Crippen molar-refractivity contribution in [1.82, 2.24) is 0 Å². The summed E-state index contributed by atoms with van der Waals surface area (Å²) in [7, 11) is 0. The lowest BCUT2D eigenvalue weighted by Crippen LogP contribution is -2.03. The van der Waals surface area contributed by atoms with Crippen LogP contribution in [0.4, 0.5) is 0 Å². The third-order valence-electron chi connectivity index (χ3n) is 6.41. The summed E-state index contributed by atoms with van der Waals surface area (Å²) < 4.78 is 0. The second-order valence-electron chi connectivity index (χ2n) is 9.06. The Bertz CT molecular complexity index is 407. The molecule has 1 aromatic carbocycles. The highest BCUT2D eigenvalue weighted by atomic mass is 14.1. The zero-order valence-electron chi connectivity index (χ0n) is 19.4. The van der Waals surface area contributed by atoms with E-state index in [1.54, 1.807) is 0 Å². The Kier molecular flexibility index (Phi) is 17.6. The van der Waals surface area contributed by atoms with Crippen LogP contribution in [0.1, 0.15) is 135 Å². The van der Waals surface area contributed by atoms with Crippen LogP contribution in [0, 0.1) is 5.92 Å². The molecule has 0 N–H and O–H groups in total. The van der Waals surface area contributed by atoms with E-state index in [0.717, 1.165) is 5.92 Å². The van der Waals surface area contributed by atoms with E-state index in [1.165, 1.54) is 128 Å². The third-order valence-corrected chi connectivity index (χ3v) is 6.41. The van der Waals surface area contributed by atoms with Gasteiger partial charge in [-0.2, -0.15) is 0 Å². The van der Waals surface area contributed by atoms with Gasteiger partial charge in [-0.25, -0.2) is 0 Å². The maximum Gasteiger partial charge on any atom is -0.0250 e. The Balaban J connectivity index is 1.81. The molecule has 0 nitrogen and oxygen atoms in total. The zero-order valence-corrected chi connectivity index (χ0v) is 19.4. The van der Waals surface area contributed by atoms with Gasteiger partial charge in [-0.1, -0.05) is 160 Å². The van der Waals surface area contributed by atoms with Crippen molar-refractivity contribution in [3.8, 4) is 0 Å². The number of rotatable bonds is 20. The molecular weight excluding hydrogens is 336 g/mol. The van der Waals surface area contributed by atoms with Gasteiger partial charge in [0.2, 0.25) is 0 Å². The molecule has 0 fully saturated rings. The smallest absolute Gasteiger partial charge is 0.0250 e. The fourth-order valence-corrected chi connectivity index (χ4v) is 4.38. The first-order valence-electron chi connectivity index (χ1n) is 12.9. The summed E-state index contributed by atoms with van der Waals surface area (Å²) in [6.45, 7) is 4.66. The molecule has 0 aliphatic rings. The van der Waals surface area contributed by atoms with Crippen molar-refractivity contribution in [2.45, 2.75) is 136 Å². The molecular formula is C28H50. The van der Waals surface area contributed by atoms with Crippen LogP contribution in [0.5, 0.6) is 0 Å². The van der Waals surface area contributed by atoms with Crippen LogP contribution in [0.25, 0.3) is 0 Å². The highest BCUT2D eigenvalue weighted by Gasteiger charge is 2.07. The Morgan fingerprint density at radius 2 is 0.964 bits per heavy atom. The molecule has 0 spiro atoms. The molecule has 1 rings (SSSR count). The number of benzene rings is 1. The van der Waals surface area contributed by atoms with Crippen molar-refractivity contribution in [1.29, 1.82) is 0 Å². The molecule has 0 aliphatic heterocycles. The lowest BCUT2D eigenvalue weighted by Gasteiger charge is -2.14. The predicted molar refractivity (Wildman–Crippen MR) is 128 cm³/mol. The molecule has 0 aromatic heterocycles. The standard InChI is InChI=1S/C28H50/c1-3-5-6-7-8-9-10-11-12-13-14-15-16-17-18-20-23-27(4-2)26-28-24-21-19-22-25-28/h19,21-22,24-25,27H,3-18,20,23,26H2,1-2H3. The highest BCUT2D eigenvalue weighted by molar-refractivity contribution is 5.15. The van der Waals surface area contributed by atoms with Crippen molar-refractivity contribution in [3.05, 3.63) is 35.9 Å². The Hall–Kier alpha value is -0.780. The van der Waals surface area contributed by atoms with E-state index in [-0.39, 0.29) is 0 Å². The predicted octanol–water partition coefficient (Wildman–Crippen LogP) is 9.91. The van der Waals surface area contributed by atoms with Gasteiger partial charge in [0, 0.05) is 0 Å². The molecule has 1 atom stereocenters. The van der Waals surface area contributed by atoms with Crippen LogP contribution < -0.4 is 0 Å². The van der Waals surface area contributed by atoms with E-state index in [4.69, 9.17) is 0 Å². The number of hydrogen-bond donors (Lipinski definition) is 0. The lowest BCUT2D eigenvalue weighted by molar-refractivity contribution is 0.435. The van der Waals surface area contributed by atoms with Crippen LogP contribution in [0.15, 0.2) is 30.3 Å². The highest BCUT2D eigenvalue weighted by Crippen LogP contribution is 2.20. The van der Waals surface area contributed by atoms with Crippen LogP contribution in [0.2, 0.25) is 0 Å². The summed E-state index contributed by atoms with van der Waals surface area (Å²) in [5.74, 6) is 0.883. The van der Waals surface area contributed by atoms with E-state index < -0.39 is 0 Å². The van der Waals surface area contributed by atoms with Crippen molar-refractivity contribution >= 4 is 0 Å². The molecule has 0 saturated heterocycles. The largest absolute Gasteiger partial charge is 0.0654 e. The normalized spacial score (nSPS) is 12.4. The maximum atomic E-state index is 2.36. The quantitative estimate of drug-likeness (QED) is 0.195. The molecule has 0 radical (unpaired) electrons. The van der Waals surface area contributed by atoms with E-state index in [1.807, 2.05) is 0 Å². The minimum atomic E-state index is 0.883. The first kappa shape index (κ1) is 25.3. The van der Waals surface area contributed by atoms with Crippen molar-refractivity contribution in [2.75, 3.05) is 0 Å². The van der Waals surface area contributed by atoms with Gasteiger partial charge in [-0.05, 0) is 17.9 Å². The molecule has 0 amide bonds. The third kappa shape index (κ3) is 15.2. The van der Waals surface area contributed by atoms with E-state index in [0.29, 0.717) is 0 Å². The monoisotopic (exact) mass is 386 g/mol. The van der Waals surface area contributed by atoms with Gasteiger partial charge in [-0.15, -0.1) is 0 Å². The average molecular weight is 387 g/mol. The van der Waals surface area contributed by atoms with E-state index in [9.17, 15) is 0 Å². The van der Waals surface area contributed by atoms with Crippen molar-refractivity contribution < 1.29 is 0 Å². The molecule has 1 aromatic rings. The molecule has 28 heavy (non-hydrogen) atoms. The van der Waals surface area contributed by atoms with Crippen molar-refractivity contribution in [3.63, 3.8) is 0 Å². The Labute approximate surface area is 177 Å². The minimum Gasteiger partial charge on any atom is -0.0654 e. The number of unbranched alkanes of at least 4 members (excludes halogenated alkanes) is 15. The Morgan fingerprint density at radius 1 is 0.536 bits per heavy atom. The maximum absolute atomic E-state index is 2.36. The molecule has 162 valence electrons. The second-order valence-corrected chi connectivity index (χ2v) is 9.06. The molecule has 1 unspecified atom stereocenters. The van der Waals surface area contributed by atoms with Crippen LogP contribution in [0.3, 0.4) is 0 Å². The summed E-state index contributed by atoms with van der Waals surface area (Å²) in [5.41, 5.74) is 1.52. The first-order chi connectivity index (χ1) is 13.9. The average Bonchev–Trinajstić information content (AvgIpc) is 2.73. The zero-order chi connectivity index (χ0) is 20.1. The van der Waals surface area contributed by atoms with E-state index >= 15 is 0 Å². The van der Waals surface area contributed by atoms with E-state index in [2.05, 4.69) is 44.2 Å². The molecule has 0 heteroatoms. The minimum absolute atomic E-state index is 0.883. The lowest BCUT2D eigenvalue weighted by atomic mass is 9.91. The second kappa shape index (κ2) is 19.5. The topological polar surface area (TPSA) is 0 Å². The van der Waals surface area contributed by atoms with Crippen LogP contribution in [-0.4, -0.2) is 0 Å². The molecule has 0 aliphatic carbocycles. The van der Waals surface area contributed by atoms with Gasteiger partial charge >= 0.3 is 0 Å². The molecule has 0 bridgehead atoms. The summed E-state index contributed by atoms with van der Waals surface area (Å²) in [6, 6.07) is 11.1. The SMILES string of the molecule is CCCCCCCCCCCCCCCCCCC(CC)Cc1ccccc1. The van der Waals surface area contributed by atoms with Gasteiger partial charge < -0.3 is 0 Å². The number of hydrogen-bond acceptors (Lipinski definition) is 0. The summed E-state index contributed by atoms with van der Waals surface area (Å²) in [6.07, 6.45) is 27.4. The van der Waals surface area contributed by atoms with Gasteiger partial charge in [0.05, 0.1) is 0 Å². The van der Waals surface area contributed by atoms with Gasteiger partial charge in [0.1, 0.15) is 0 Å². The van der Waals surface area contributed by atoms with Gasteiger partial charge in [0.15, 0.2) is 0 Å². The van der Waals surface area contributed by atoms with Gasteiger partial charge in [0.25, 0.3) is 0 Å². The first-order valence-corrected chi connectivity index (χ1v) is 12.9. The van der Waals surface area contributed by atoms with Crippen LogP contribution >= 0.6 is 0 Å².